The maximum absolute atomic E-state index is 11.7. The number of halogens is 1. The van der Waals surface area contributed by atoms with E-state index >= 15 is 0 Å². The molecule has 2 rings (SSSR count). The van der Waals surface area contributed by atoms with Crippen molar-refractivity contribution < 1.29 is 9.53 Å². The number of nitrogens with zero attached hydrogens (tertiary/aromatic N) is 1. The molecule has 0 saturated carbocycles. The summed E-state index contributed by atoms with van der Waals surface area (Å²) in [5.41, 5.74) is 3.06. The number of fused-ring (bicyclic) bond motifs is 1. The Hall–Kier alpha value is -1.62. The molecule has 0 spiro atoms. The number of hydrogen-bond donors (Lipinski definition) is 1. The van der Waals surface area contributed by atoms with E-state index < -0.39 is 5.97 Å². The van der Waals surface area contributed by atoms with E-state index in [9.17, 15) is 4.79 Å². The van der Waals surface area contributed by atoms with Crippen molar-refractivity contribution >= 4 is 38.5 Å². The topological polar surface area (TPSA) is 51.2 Å². The predicted molar refractivity (Wildman–Crippen MR) is 75.1 cm³/mol. The van der Waals surface area contributed by atoms with Crippen LogP contribution < -0.4 is 5.32 Å². The van der Waals surface area contributed by atoms with Crippen LogP contribution in [-0.2, 0) is 4.74 Å². The van der Waals surface area contributed by atoms with E-state index in [1.54, 1.807) is 7.05 Å². The Morgan fingerprint density at radius 1 is 1.44 bits per heavy atom. The molecule has 5 heteroatoms. The maximum atomic E-state index is 11.7. The Bertz CT molecular complexity index is 626. The molecular weight excluding hydrogens is 296 g/mol. The first-order valence-electron chi connectivity index (χ1n) is 5.44. The Morgan fingerprint density at radius 3 is 2.78 bits per heavy atom. The molecule has 0 bridgehead atoms. The van der Waals surface area contributed by atoms with Crippen molar-refractivity contribution in [2.45, 2.75) is 6.92 Å². The molecule has 0 aliphatic rings. The van der Waals surface area contributed by atoms with Crippen LogP contribution in [0.15, 0.2) is 22.8 Å². The molecule has 0 saturated heterocycles. The van der Waals surface area contributed by atoms with E-state index in [1.165, 1.54) is 13.3 Å². The maximum Gasteiger partial charge on any atom is 0.341 e. The molecule has 0 aliphatic carbocycles. The number of carbonyl (C=O) groups is 1. The number of pyridine rings is 1. The molecule has 4 nitrogen and oxygen atoms in total. The summed E-state index contributed by atoms with van der Waals surface area (Å²) >= 11 is 3.47. The van der Waals surface area contributed by atoms with E-state index in [1.807, 2.05) is 19.1 Å². The van der Waals surface area contributed by atoms with Crippen LogP contribution in [0.25, 0.3) is 10.9 Å². The van der Waals surface area contributed by atoms with Crippen LogP contribution in [0, 0.1) is 6.92 Å². The monoisotopic (exact) mass is 308 g/mol. The fourth-order valence-electron chi connectivity index (χ4n) is 1.96. The summed E-state index contributed by atoms with van der Waals surface area (Å²) in [6, 6.07) is 3.93. The molecule has 1 aromatic carbocycles. The first kappa shape index (κ1) is 12.8. The standard InChI is InChI=1S/C13H13BrN2O2/c1-7-4-5-9(14)12-10(7)11(15-2)8(6-16-12)13(17)18-3/h4-6H,1-3H3,(H,15,16). The Kier molecular flexibility index (Phi) is 3.52. The number of ether oxygens (including phenoxy) is 1. The van der Waals surface area contributed by atoms with Crippen molar-refractivity contribution in [1.82, 2.24) is 4.98 Å². The molecule has 1 aromatic heterocycles. The van der Waals surface area contributed by atoms with Gasteiger partial charge in [0.25, 0.3) is 0 Å². The minimum Gasteiger partial charge on any atom is -0.465 e. The Labute approximate surface area is 113 Å². The van der Waals surface area contributed by atoms with Crippen LogP contribution >= 0.6 is 15.9 Å². The third-order valence-electron chi connectivity index (χ3n) is 2.83. The van der Waals surface area contributed by atoms with E-state index in [-0.39, 0.29) is 0 Å². The van der Waals surface area contributed by atoms with Gasteiger partial charge in [-0.3, -0.25) is 4.98 Å². The van der Waals surface area contributed by atoms with Gasteiger partial charge in [0.15, 0.2) is 0 Å². The van der Waals surface area contributed by atoms with Gasteiger partial charge in [-0.05, 0) is 34.5 Å². The average Bonchev–Trinajstić information content (AvgIpc) is 2.40. The smallest absolute Gasteiger partial charge is 0.341 e. The fraction of sp³-hybridized carbons (Fsp3) is 0.231. The third kappa shape index (κ3) is 1.95. The normalized spacial score (nSPS) is 10.4. The molecular formula is C13H13BrN2O2. The number of rotatable bonds is 2. The predicted octanol–water partition coefficient (Wildman–Crippen LogP) is 3.13. The van der Waals surface area contributed by atoms with Crippen LogP contribution in [0.4, 0.5) is 5.69 Å². The third-order valence-corrected chi connectivity index (χ3v) is 3.47. The summed E-state index contributed by atoms with van der Waals surface area (Å²) in [5.74, 6) is -0.395. The summed E-state index contributed by atoms with van der Waals surface area (Å²) in [7, 11) is 3.14. The van der Waals surface area contributed by atoms with Gasteiger partial charge in [0.2, 0.25) is 0 Å². The Morgan fingerprint density at radius 2 is 2.17 bits per heavy atom. The molecule has 1 heterocycles. The number of hydrogen-bond acceptors (Lipinski definition) is 4. The first-order valence-corrected chi connectivity index (χ1v) is 6.23. The molecule has 0 fully saturated rings. The van der Waals surface area contributed by atoms with Crippen molar-refractivity contribution in [2.75, 3.05) is 19.5 Å². The molecule has 0 unspecified atom stereocenters. The van der Waals surface area contributed by atoms with Crippen molar-refractivity contribution in [1.29, 1.82) is 0 Å². The van der Waals surface area contributed by atoms with Crippen molar-refractivity contribution in [2.24, 2.45) is 0 Å². The quantitative estimate of drug-likeness (QED) is 0.866. The fourth-order valence-corrected chi connectivity index (χ4v) is 2.39. The number of methoxy groups -OCH3 is 1. The average molecular weight is 309 g/mol. The van der Waals surface area contributed by atoms with E-state index in [0.29, 0.717) is 5.56 Å². The summed E-state index contributed by atoms with van der Waals surface area (Å²) in [4.78, 5) is 16.1. The van der Waals surface area contributed by atoms with Crippen molar-refractivity contribution in [3.63, 3.8) is 0 Å². The zero-order valence-corrected chi connectivity index (χ0v) is 12.0. The molecule has 0 radical (unpaired) electrons. The van der Waals surface area contributed by atoms with Gasteiger partial charge in [0, 0.05) is 23.1 Å². The zero-order valence-electron chi connectivity index (χ0n) is 10.4. The molecule has 2 aromatic rings. The minimum atomic E-state index is -0.395. The van der Waals surface area contributed by atoms with Gasteiger partial charge in [-0.25, -0.2) is 4.79 Å². The van der Waals surface area contributed by atoms with Gasteiger partial charge in [-0.1, -0.05) is 6.07 Å². The minimum absolute atomic E-state index is 0.395. The number of carbonyl (C=O) groups excluding carboxylic acids is 1. The summed E-state index contributed by atoms with van der Waals surface area (Å²) < 4.78 is 5.67. The highest BCUT2D eigenvalue weighted by Crippen LogP contribution is 2.33. The highest BCUT2D eigenvalue weighted by Gasteiger charge is 2.17. The van der Waals surface area contributed by atoms with Crippen molar-refractivity contribution in [3.05, 3.63) is 33.9 Å². The lowest BCUT2D eigenvalue weighted by molar-refractivity contribution is 0.0601. The number of benzene rings is 1. The lowest BCUT2D eigenvalue weighted by atomic mass is 10.0. The van der Waals surface area contributed by atoms with Crippen LogP contribution in [0.1, 0.15) is 15.9 Å². The van der Waals surface area contributed by atoms with Gasteiger partial charge < -0.3 is 10.1 Å². The molecule has 0 atom stereocenters. The van der Waals surface area contributed by atoms with Crippen LogP contribution in [0.2, 0.25) is 0 Å². The van der Waals surface area contributed by atoms with Crippen molar-refractivity contribution in [3.8, 4) is 0 Å². The second-order valence-electron chi connectivity index (χ2n) is 3.88. The number of aromatic nitrogens is 1. The molecule has 1 N–H and O–H groups in total. The number of esters is 1. The summed E-state index contributed by atoms with van der Waals surface area (Å²) in [6.07, 6.45) is 1.53. The number of nitrogens with one attached hydrogen (secondary N) is 1. The van der Waals surface area contributed by atoms with Crippen LogP contribution in [-0.4, -0.2) is 25.1 Å². The lowest BCUT2D eigenvalue weighted by Gasteiger charge is -2.13. The van der Waals surface area contributed by atoms with Crippen LogP contribution in [0.3, 0.4) is 0 Å². The van der Waals surface area contributed by atoms with Gasteiger partial charge in [-0.15, -0.1) is 0 Å². The first-order chi connectivity index (χ1) is 8.60. The Balaban J connectivity index is 2.87. The summed E-state index contributed by atoms with van der Waals surface area (Å²) in [6.45, 7) is 1.98. The van der Waals surface area contributed by atoms with E-state index in [2.05, 4.69) is 26.2 Å². The largest absolute Gasteiger partial charge is 0.465 e. The van der Waals surface area contributed by atoms with Gasteiger partial charge in [-0.2, -0.15) is 0 Å². The SMILES string of the molecule is CNc1c(C(=O)OC)cnc2c(Br)ccc(C)c12. The second-order valence-corrected chi connectivity index (χ2v) is 4.73. The lowest BCUT2D eigenvalue weighted by Crippen LogP contribution is -2.07. The van der Waals surface area contributed by atoms with Gasteiger partial charge in [0.1, 0.15) is 5.56 Å². The van der Waals surface area contributed by atoms with E-state index in [4.69, 9.17) is 4.74 Å². The molecule has 94 valence electrons. The van der Waals surface area contributed by atoms with E-state index in [0.717, 1.165) is 26.6 Å². The highest BCUT2D eigenvalue weighted by molar-refractivity contribution is 9.10. The summed E-state index contributed by atoms with van der Waals surface area (Å²) in [5, 5.41) is 3.99. The zero-order chi connectivity index (χ0) is 13.3. The molecule has 0 amide bonds. The molecule has 0 aliphatic heterocycles. The van der Waals surface area contributed by atoms with Gasteiger partial charge >= 0.3 is 5.97 Å². The van der Waals surface area contributed by atoms with Gasteiger partial charge in [0.05, 0.1) is 18.3 Å². The number of aryl methyl sites for hydroxylation is 1. The second kappa shape index (κ2) is 4.94. The highest BCUT2D eigenvalue weighted by atomic mass is 79.9. The van der Waals surface area contributed by atoms with Crippen LogP contribution in [0.5, 0.6) is 0 Å². The molecule has 18 heavy (non-hydrogen) atoms. The number of anilines is 1.